The van der Waals surface area contributed by atoms with Crippen molar-refractivity contribution in [3.05, 3.63) is 35.1 Å². The second kappa shape index (κ2) is 5.44. The summed E-state index contributed by atoms with van der Waals surface area (Å²) in [5.74, 6) is 0.369. The number of benzene rings is 1. The van der Waals surface area contributed by atoms with Crippen molar-refractivity contribution in [3.63, 3.8) is 0 Å². The van der Waals surface area contributed by atoms with Gasteiger partial charge in [0.05, 0.1) is 0 Å². The van der Waals surface area contributed by atoms with E-state index >= 15 is 0 Å². The molecular weight excluding hydrogens is 203 g/mol. The summed E-state index contributed by atoms with van der Waals surface area (Å²) in [6.07, 6.45) is 6.75. The van der Waals surface area contributed by atoms with Gasteiger partial charge in [-0.15, -0.1) is 0 Å². The quantitative estimate of drug-likeness (QED) is 0.831. The van der Waals surface area contributed by atoms with Gasteiger partial charge in [-0.2, -0.15) is 0 Å². The summed E-state index contributed by atoms with van der Waals surface area (Å²) in [5.41, 5.74) is 2.05. The molecule has 0 saturated heterocycles. The minimum atomic E-state index is -0.161. The van der Waals surface area contributed by atoms with Gasteiger partial charge in [-0.05, 0) is 48.4 Å². The van der Waals surface area contributed by atoms with Crippen molar-refractivity contribution in [2.45, 2.75) is 44.4 Å². The third-order valence-corrected chi connectivity index (χ3v) is 3.46. The van der Waals surface area contributed by atoms with E-state index in [-0.39, 0.29) is 12.4 Å². The molecule has 0 unspecified atom stereocenters. The first-order valence-corrected chi connectivity index (χ1v) is 6.20. The Hall–Kier alpha value is -0.890. The molecule has 0 aromatic heterocycles. The summed E-state index contributed by atoms with van der Waals surface area (Å²) in [5, 5.41) is 8.89. The van der Waals surface area contributed by atoms with E-state index in [9.17, 15) is 4.39 Å². The van der Waals surface area contributed by atoms with E-state index in [0.717, 1.165) is 11.1 Å². The average Bonchev–Trinajstić information content (AvgIpc) is 2.30. The van der Waals surface area contributed by atoms with Gasteiger partial charge in [-0.1, -0.05) is 25.3 Å². The molecule has 1 fully saturated rings. The predicted octanol–water partition coefficient (Wildman–Crippen LogP) is 3.41. The Kier molecular flexibility index (Phi) is 3.94. The van der Waals surface area contributed by atoms with E-state index in [4.69, 9.17) is 5.11 Å². The van der Waals surface area contributed by atoms with Gasteiger partial charge in [0.25, 0.3) is 0 Å². The monoisotopic (exact) mass is 222 g/mol. The smallest absolute Gasteiger partial charge is 0.123 e. The largest absolute Gasteiger partial charge is 0.396 e. The molecule has 2 heteroatoms. The Morgan fingerprint density at radius 2 is 1.88 bits per heavy atom. The molecule has 1 saturated carbocycles. The second-order valence-corrected chi connectivity index (χ2v) is 4.70. The van der Waals surface area contributed by atoms with Crippen molar-refractivity contribution < 1.29 is 9.50 Å². The van der Waals surface area contributed by atoms with Gasteiger partial charge in [-0.25, -0.2) is 4.39 Å². The Morgan fingerprint density at radius 3 is 2.56 bits per heavy atom. The zero-order chi connectivity index (χ0) is 11.4. The molecule has 0 heterocycles. The molecule has 1 aliphatic carbocycles. The SMILES string of the molecule is OCCc1cc(F)cc(C2CCCCC2)c1. The van der Waals surface area contributed by atoms with E-state index in [1.54, 1.807) is 6.07 Å². The molecule has 2 rings (SSSR count). The van der Waals surface area contributed by atoms with E-state index in [2.05, 4.69) is 6.07 Å². The van der Waals surface area contributed by atoms with Gasteiger partial charge in [0.1, 0.15) is 5.82 Å². The van der Waals surface area contributed by atoms with Crippen LogP contribution in [0.1, 0.15) is 49.1 Å². The highest BCUT2D eigenvalue weighted by Crippen LogP contribution is 2.33. The van der Waals surface area contributed by atoms with Crippen LogP contribution in [-0.2, 0) is 6.42 Å². The van der Waals surface area contributed by atoms with Gasteiger partial charge in [0.2, 0.25) is 0 Å². The fourth-order valence-electron chi connectivity index (χ4n) is 2.62. The first-order chi connectivity index (χ1) is 7.79. The summed E-state index contributed by atoms with van der Waals surface area (Å²) in [4.78, 5) is 0. The Labute approximate surface area is 96.3 Å². The van der Waals surface area contributed by atoms with Crippen LogP contribution >= 0.6 is 0 Å². The maximum Gasteiger partial charge on any atom is 0.123 e. The number of aliphatic hydroxyl groups is 1. The molecule has 1 aromatic rings. The zero-order valence-electron chi connectivity index (χ0n) is 9.58. The minimum Gasteiger partial charge on any atom is -0.396 e. The van der Waals surface area contributed by atoms with E-state index in [0.29, 0.717) is 12.3 Å². The highest BCUT2D eigenvalue weighted by atomic mass is 19.1. The number of halogens is 1. The molecule has 0 aliphatic heterocycles. The average molecular weight is 222 g/mol. The Balaban J connectivity index is 2.18. The van der Waals surface area contributed by atoms with E-state index in [1.807, 2.05) is 0 Å². The molecule has 0 amide bonds. The molecule has 1 nitrogen and oxygen atoms in total. The predicted molar refractivity (Wildman–Crippen MR) is 63.0 cm³/mol. The molecule has 1 aliphatic rings. The molecular formula is C14H19FO. The van der Waals surface area contributed by atoms with Gasteiger partial charge < -0.3 is 5.11 Å². The number of aliphatic hydroxyl groups excluding tert-OH is 1. The highest BCUT2D eigenvalue weighted by molar-refractivity contribution is 5.28. The van der Waals surface area contributed by atoms with Crippen molar-refractivity contribution in [3.8, 4) is 0 Å². The van der Waals surface area contributed by atoms with Crippen molar-refractivity contribution in [2.75, 3.05) is 6.61 Å². The number of hydrogen-bond donors (Lipinski definition) is 1. The standard InChI is InChI=1S/C14H19FO/c15-14-9-11(6-7-16)8-13(10-14)12-4-2-1-3-5-12/h8-10,12,16H,1-7H2. The van der Waals surface area contributed by atoms with Crippen molar-refractivity contribution in [1.29, 1.82) is 0 Å². The van der Waals surface area contributed by atoms with Crippen LogP contribution in [0.3, 0.4) is 0 Å². The van der Waals surface area contributed by atoms with Crippen LogP contribution in [0.5, 0.6) is 0 Å². The molecule has 88 valence electrons. The summed E-state index contributed by atoms with van der Waals surface area (Å²) in [7, 11) is 0. The lowest BCUT2D eigenvalue weighted by atomic mass is 9.83. The first kappa shape index (κ1) is 11.6. The molecule has 1 N–H and O–H groups in total. The number of rotatable bonds is 3. The lowest BCUT2D eigenvalue weighted by molar-refractivity contribution is 0.299. The molecule has 16 heavy (non-hydrogen) atoms. The summed E-state index contributed by atoms with van der Waals surface area (Å²) < 4.78 is 13.4. The third kappa shape index (κ3) is 2.82. The fraction of sp³-hybridized carbons (Fsp3) is 0.571. The van der Waals surface area contributed by atoms with E-state index < -0.39 is 0 Å². The lowest BCUT2D eigenvalue weighted by Gasteiger charge is -2.22. The molecule has 1 aromatic carbocycles. The Bertz CT molecular complexity index is 343. The van der Waals surface area contributed by atoms with Crippen LogP contribution in [0.25, 0.3) is 0 Å². The summed E-state index contributed by atoms with van der Waals surface area (Å²) >= 11 is 0. The van der Waals surface area contributed by atoms with Crippen LogP contribution in [0.2, 0.25) is 0 Å². The van der Waals surface area contributed by atoms with Crippen LogP contribution < -0.4 is 0 Å². The van der Waals surface area contributed by atoms with Crippen LogP contribution in [0, 0.1) is 5.82 Å². The zero-order valence-corrected chi connectivity index (χ0v) is 9.58. The third-order valence-electron chi connectivity index (χ3n) is 3.46. The molecule has 0 bridgehead atoms. The Morgan fingerprint density at radius 1 is 1.12 bits per heavy atom. The maximum atomic E-state index is 13.4. The second-order valence-electron chi connectivity index (χ2n) is 4.70. The van der Waals surface area contributed by atoms with Crippen LogP contribution in [0.4, 0.5) is 4.39 Å². The van der Waals surface area contributed by atoms with Gasteiger partial charge >= 0.3 is 0 Å². The lowest BCUT2D eigenvalue weighted by Crippen LogP contribution is -2.06. The summed E-state index contributed by atoms with van der Waals surface area (Å²) in [6.45, 7) is 0.0908. The van der Waals surface area contributed by atoms with Crippen molar-refractivity contribution >= 4 is 0 Å². The first-order valence-electron chi connectivity index (χ1n) is 6.20. The normalized spacial score (nSPS) is 17.6. The van der Waals surface area contributed by atoms with E-state index in [1.165, 1.54) is 38.2 Å². The topological polar surface area (TPSA) is 20.2 Å². The fourth-order valence-corrected chi connectivity index (χ4v) is 2.62. The molecule has 0 spiro atoms. The maximum absolute atomic E-state index is 13.4. The van der Waals surface area contributed by atoms with Crippen LogP contribution in [0.15, 0.2) is 18.2 Å². The van der Waals surface area contributed by atoms with Crippen LogP contribution in [-0.4, -0.2) is 11.7 Å². The minimum absolute atomic E-state index is 0.0908. The molecule has 0 atom stereocenters. The van der Waals surface area contributed by atoms with Crippen molar-refractivity contribution in [2.24, 2.45) is 0 Å². The van der Waals surface area contributed by atoms with Gasteiger partial charge in [0.15, 0.2) is 0 Å². The number of hydrogen-bond acceptors (Lipinski definition) is 1. The molecule has 0 radical (unpaired) electrons. The van der Waals surface area contributed by atoms with Gasteiger partial charge in [-0.3, -0.25) is 0 Å². The van der Waals surface area contributed by atoms with Gasteiger partial charge in [0, 0.05) is 6.61 Å². The highest BCUT2D eigenvalue weighted by Gasteiger charge is 2.16. The summed E-state index contributed by atoms with van der Waals surface area (Å²) in [6, 6.07) is 5.26. The van der Waals surface area contributed by atoms with Crippen molar-refractivity contribution in [1.82, 2.24) is 0 Å².